The van der Waals surface area contributed by atoms with E-state index in [2.05, 4.69) is 26.5 Å². The summed E-state index contributed by atoms with van der Waals surface area (Å²) >= 11 is 3.43. The van der Waals surface area contributed by atoms with E-state index in [9.17, 15) is 9.36 Å². The molecule has 1 aliphatic heterocycles. The molecule has 1 N–H and O–H groups in total. The largest absolute Gasteiger partial charge is 0.313 e. The third kappa shape index (κ3) is 3.48. The Labute approximate surface area is 172 Å². The standard InChI is InChI=1S/C22H18BrN2O2P/c23-17-13-11-16(12-14-17)20-15-21(22(26)25-24-20)28(27,18-7-3-1-4-8-18)19-9-5-2-6-10-19/h1-14,21H,15H2,(H,25,26). The van der Waals surface area contributed by atoms with Crippen molar-refractivity contribution in [3.05, 3.63) is 95.0 Å². The van der Waals surface area contributed by atoms with Gasteiger partial charge >= 0.3 is 0 Å². The van der Waals surface area contributed by atoms with Crippen molar-refractivity contribution in [2.24, 2.45) is 5.10 Å². The predicted molar refractivity (Wildman–Crippen MR) is 117 cm³/mol. The molecule has 0 saturated carbocycles. The van der Waals surface area contributed by atoms with Crippen LogP contribution >= 0.6 is 23.1 Å². The average Bonchev–Trinajstić information content (AvgIpc) is 2.75. The Kier molecular flexibility index (Phi) is 5.29. The van der Waals surface area contributed by atoms with Crippen LogP contribution in [0.2, 0.25) is 0 Å². The fraction of sp³-hybridized carbons (Fsp3) is 0.0909. The predicted octanol–water partition coefficient (Wildman–Crippen LogP) is 4.06. The lowest BCUT2D eigenvalue weighted by atomic mass is 10.0. The summed E-state index contributed by atoms with van der Waals surface area (Å²) in [6.07, 6.45) is 0.314. The maximum atomic E-state index is 14.5. The number of carbonyl (C=O) groups is 1. The molecule has 4 nitrogen and oxygen atoms in total. The maximum absolute atomic E-state index is 14.5. The summed E-state index contributed by atoms with van der Waals surface area (Å²) in [7, 11) is -3.23. The van der Waals surface area contributed by atoms with Crippen LogP contribution in [0.4, 0.5) is 0 Å². The van der Waals surface area contributed by atoms with Gasteiger partial charge in [-0.3, -0.25) is 4.79 Å². The van der Waals surface area contributed by atoms with E-state index in [4.69, 9.17) is 0 Å². The van der Waals surface area contributed by atoms with Crippen molar-refractivity contribution in [2.45, 2.75) is 12.1 Å². The SMILES string of the molecule is O=C1NN=C(c2ccc(Br)cc2)CC1P(=O)(c1ccccc1)c1ccccc1. The Bertz CT molecular complexity index is 1020. The van der Waals surface area contributed by atoms with E-state index >= 15 is 0 Å². The first-order valence-electron chi connectivity index (χ1n) is 8.92. The summed E-state index contributed by atoms with van der Waals surface area (Å²) in [5.74, 6) is -0.308. The second-order valence-corrected chi connectivity index (χ2v) is 10.5. The van der Waals surface area contributed by atoms with Gasteiger partial charge in [-0.15, -0.1) is 0 Å². The van der Waals surface area contributed by atoms with Gasteiger partial charge in [-0.05, 0) is 17.7 Å². The summed E-state index contributed by atoms with van der Waals surface area (Å²) in [5.41, 5.74) is 3.52. The quantitative estimate of drug-likeness (QED) is 0.606. The zero-order valence-electron chi connectivity index (χ0n) is 15.0. The minimum Gasteiger partial charge on any atom is -0.313 e. The highest BCUT2D eigenvalue weighted by Crippen LogP contribution is 2.51. The summed E-state index contributed by atoms with van der Waals surface area (Å²) in [5, 5.41) is 5.60. The third-order valence-corrected chi connectivity index (χ3v) is 8.84. The molecular weight excluding hydrogens is 435 g/mol. The molecule has 3 aromatic rings. The van der Waals surface area contributed by atoms with Crippen molar-refractivity contribution in [1.82, 2.24) is 5.43 Å². The Hall–Kier alpha value is -2.49. The average molecular weight is 453 g/mol. The van der Waals surface area contributed by atoms with Crippen molar-refractivity contribution < 1.29 is 9.36 Å². The van der Waals surface area contributed by atoms with E-state index in [0.717, 1.165) is 15.7 Å². The van der Waals surface area contributed by atoms with Crippen molar-refractivity contribution in [2.75, 3.05) is 0 Å². The molecule has 1 heterocycles. The number of benzene rings is 3. The van der Waals surface area contributed by atoms with Crippen molar-refractivity contribution in [1.29, 1.82) is 0 Å². The van der Waals surface area contributed by atoms with Crippen molar-refractivity contribution in [3.8, 4) is 0 Å². The topological polar surface area (TPSA) is 58.5 Å². The highest BCUT2D eigenvalue weighted by atomic mass is 79.9. The van der Waals surface area contributed by atoms with Gasteiger partial charge in [-0.2, -0.15) is 5.10 Å². The lowest BCUT2D eigenvalue weighted by Crippen LogP contribution is -2.42. The second kappa shape index (κ2) is 7.86. The number of hydrogen-bond donors (Lipinski definition) is 1. The molecule has 4 rings (SSSR count). The highest BCUT2D eigenvalue weighted by Gasteiger charge is 2.43. The molecule has 6 heteroatoms. The zero-order chi connectivity index (χ0) is 19.6. The molecular formula is C22H18BrN2O2P. The van der Waals surface area contributed by atoms with Crippen LogP contribution in [-0.4, -0.2) is 17.3 Å². The third-order valence-electron chi connectivity index (χ3n) is 4.89. The number of hydrazone groups is 1. The number of amides is 1. The van der Waals surface area contributed by atoms with Gasteiger partial charge in [-0.25, -0.2) is 5.43 Å². The molecule has 1 amide bonds. The molecule has 1 atom stereocenters. The molecule has 0 spiro atoms. The molecule has 0 radical (unpaired) electrons. The molecule has 3 aromatic carbocycles. The molecule has 0 bridgehead atoms. The Morgan fingerprint density at radius 3 is 1.93 bits per heavy atom. The summed E-state index contributed by atoms with van der Waals surface area (Å²) in [6, 6.07) is 26.3. The van der Waals surface area contributed by atoms with Crippen LogP contribution in [0, 0.1) is 0 Å². The number of nitrogens with one attached hydrogen (secondary N) is 1. The lowest BCUT2D eigenvalue weighted by molar-refractivity contribution is -0.120. The molecule has 0 aliphatic carbocycles. The van der Waals surface area contributed by atoms with E-state index < -0.39 is 12.8 Å². The summed E-state index contributed by atoms with van der Waals surface area (Å²) in [6.45, 7) is 0. The van der Waals surface area contributed by atoms with Crippen LogP contribution in [0.15, 0.2) is 94.5 Å². The van der Waals surface area contributed by atoms with Gasteiger partial charge in [0.25, 0.3) is 5.91 Å². The fourth-order valence-corrected chi connectivity index (χ4v) is 6.78. The van der Waals surface area contributed by atoms with Gasteiger partial charge in [0.05, 0.1) is 5.71 Å². The second-order valence-electron chi connectivity index (χ2n) is 6.59. The first kappa shape index (κ1) is 18.9. The molecule has 0 aromatic heterocycles. The molecule has 0 saturated heterocycles. The fourth-order valence-electron chi connectivity index (χ4n) is 3.44. The van der Waals surface area contributed by atoms with E-state index in [-0.39, 0.29) is 5.91 Å². The van der Waals surface area contributed by atoms with Gasteiger partial charge in [0.2, 0.25) is 0 Å². The zero-order valence-corrected chi connectivity index (χ0v) is 17.4. The van der Waals surface area contributed by atoms with Crippen LogP contribution in [0.25, 0.3) is 0 Å². The number of hydrogen-bond acceptors (Lipinski definition) is 3. The van der Waals surface area contributed by atoms with Crippen LogP contribution in [0.1, 0.15) is 12.0 Å². The summed E-state index contributed by atoms with van der Waals surface area (Å²) in [4.78, 5) is 12.8. The van der Waals surface area contributed by atoms with Gasteiger partial charge < -0.3 is 4.57 Å². The van der Waals surface area contributed by atoms with Crippen LogP contribution in [0.3, 0.4) is 0 Å². The monoisotopic (exact) mass is 452 g/mol. The first-order valence-corrected chi connectivity index (χ1v) is 11.5. The van der Waals surface area contributed by atoms with Gasteiger partial charge in [0.15, 0.2) is 7.14 Å². The molecule has 140 valence electrons. The number of carbonyl (C=O) groups excluding carboxylic acids is 1. The minimum absolute atomic E-state index is 0.308. The normalized spacial score (nSPS) is 17.0. The van der Waals surface area contributed by atoms with E-state index in [1.54, 1.807) is 0 Å². The van der Waals surface area contributed by atoms with Gasteiger partial charge in [0, 0.05) is 21.5 Å². The highest BCUT2D eigenvalue weighted by molar-refractivity contribution is 9.10. The van der Waals surface area contributed by atoms with Crippen LogP contribution in [0.5, 0.6) is 0 Å². The van der Waals surface area contributed by atoms with Crippen molar-refractivity contribution >= 4 is 45.3 Å². The Morgan fingerprint density at radius 1 is 0.857 bits per heavy atom. The maximum Gasteiger partial charge on any atom is 0.251 e. The molecule has 28 heavy (non-hydrogen) atoms. The van der Waals surface area contributed by atoms with Gasteiger partial charge in [0.1, 0.15) is 5.66 Å². The number of halogens is 1. The van der Waals surface area contributed by atoms with E-state index in [0.29, 0.717) is 17.0 Å². The van der Waals surface area contributed by atoms with Crippen LogP contribution < -0.4 is 16.0 Å². The summed E-state index contributed by atoms with van der Waals surface area (Å²) < 4.78 is 15.5. The van der Waals surface area contributed by atoms with Gasteiger partial charge in [-0.1, -0.05) is 88.7 Å². The van der Waals surface area contributed by atoms with E-state index in [1.165, 1.54) is 0 Å². The Balaban J connectivity index is 1.80. The molecule has 0 fully saturated rings. The lowest BCUT2D eigenvalue weighted by Gasteiger charge is -2.30. The number of rotatable bonds is 4. The van der Waals surface area contributed by atoms with Crippen LogP contribution in [-0.2, 0) is 9.36 Å². The smallest absolute Gasteiger partial charge is 0.251 e. The minimum atomic E-state index is -3.23. The molecule has 1 aliphatic rings. The first-order chi connectivity index (χ1) is 13.6. The molecule has 1 unspecified atom stereocenters. The van der Waals surface area contributed by atoms with Crippen molar-refractivity contribution in [3.63, 3.8) is 0 Å². The van der Waals surface area contributed by atoms with E-state index in [1.807, 2.05) is 84.9 Å². The number of nitrogens with zero attached hydrogens (tertiary/aromatic N) is 1. The Morgan fingerprint density at radius 2 is 1.39 bits per heavy atom.